The maximum Gasteiger partial charge on any atom is 0.336 e. The van der Waals surface area contributed by atoms with E-state index < -0.39 is 0 Å². The van der Waals surface area contributed by atoms with E-state index in [4.69, 9.17) is 4.42 Å². The summed E-state index contributed by atoms with van der Waals surface area (Å²) in [5.74, 6) is 0.795. The number of hydrogen-bond acceptors (Lipinski definition) is 3. The van der Waals surface area contributed by atoms with Gasteiger partial charge in [0.05, 0.1) is 0 Å². The first-order chi connectivity index (χ1) is 10.7. The van der Waals surface area contributed by atoms with E-state index in [-0.39, 0.29) is 11.4 Å². The van der Waals surface area contributed by atoms with Crippen molar-refractivity contribution in [1.29, 1.82) is 0 Å². The van der Waals surface area contributed by atoms with Crippen molar-refractivity contribution in [2.45, 2.75) is 13.3 Å². The fraction of sp³-hybridized carbons (Fsp3) is 0.105. The Labute approximate surface area is 129 Å². The van der Waals surface area contributed by atoms with Gasteiger partial charge in [0.25, 0.3) is 0 Å². The maximum absolute atomic E-state index is 11.1. The van der Waals surface area contributed by atoms with Gasteiger partial charge >= 0.3 is 5.63 Å². The smallest absolute Gasteiger partial charge is 0.336 e. The number of rotatable bonds is 5. The molecule has 0 aliphatic rings. The standard InChI is InChI=1S/C19H18O3/c1-2-15(11-14-18-7-4-8-19(21)22-18)5-3-6-16-9-12-17(20)13-10-16/h3-14,20H,2H2,1H3/b6-3+,14-11+,15-5+. The molecule has 0 amide bonds. The Hall–Kier alpha value is -2.81. The highest BCUT2D eigenvalue weighted by atomic mass is 16.4. The number of phenols is 1. The zero-order chi connectivity index (χ0) is 15.8. The van der Waals surface area contributed by atoms with Crippen LogP contribution in [0.1, 0.15) is 24.7 Å². The summed E-state index contributed by atoms with van der Waals surface area (Å²) in [4.78, 5) is 11.1. The fourth-order valence-corrected chi connectivity index (χ4v) is 1.84. The van der Waals surface area contributed by atoms with E-state index in [0.717, 1.165) is 17.6 Å². The van der Waals surface area contributed by atoms with Crippen LogP contribution in [0.3, 0.4) is 0 Å². The lowest BCUT2D eigenvalue weighted by atomic mass is 10.1. The summed E-state index contributed by atoms with van der Waals surface area (Å²) in [6.07, 6.45) is 10.5. The molecule has 1 aromatic heterocycles. The highest BCUT2D eigenvalue weighted by Gasteiger charge is 1.92. The highest BCUT2D eigenvalue weighted by Crippen LogP contribution is 2.12. The monoisotopic (exact) mass is 294 g/mol. The van der Waals surface area contributed by atoms with Gasteiger partial charge in [0.1, 0.15) is 11.5 Å². The second kappa shape index (κ2) is 7.84. The van der Waals surface area contributed by atoms with Gasteiger partial charge in [0.2, 0.25) is 0 Å². The highest BCUT2D eigenvalue weighted by molar-refractivity contribution is 5.54. The lowest BCUT2D eigenvalue weighted by Crippen LogP contribution is -1.94. The molecule has 0 atom stereocenters. The molecule has 0 bridgehead atoms. The van der Waals surface area contributed by atoms with Crippen LogP contribution in [0, 0.1) is 0 Å². The zero-order valence-electron chi connectivity index (χ0n) is 12.4. The average Bonchev–Trinajstić information content (AvgIpc) is 2.52. The largest absolute Gasteiger partial charge is 0.508 e. The van der Waals surface area contributed by atoms with Crippen LogP contribution in [0.5, 0.6) is 5.75 Å². The molecule has 3 nitrogen and oxygen atoms in total. The first kappa shape index (κ1) is 15.6. The van der Waals surface area contributed by atoms with Crippen molar-refractivity contribution in [3.63, 3.8) is 0 Å². The van der Waals surface area contributed by atoms with E-state index in [1.165, 1.54) is 6.07 Å². The minimum Gasteiger partial charge on any atom is -0.508 e. The lowest BCUT2D eigenvalue weighted by molar-refractivity contribution is 0.475. The van der Waals surface area contributed by atoms with Gasteiger partial charge in [-0.15, -0.1) is 0 Å². The predicted octanol–water partition coefficient (Wildman–Crippen LogP) is 4.41. The minimum atomic E-state index is -0.351. The molecule has 2 aromatic rings. The Balaban J connectivity index is 2.07. The van der Waals surface area contributed by atoms with Gasteiger partial charge < -0.3 is 9.52 Å². The summed E-state index contributed by atoms with van der Waals surface area (Å²) in [5, 5.41) is 9.23. The normalized spacial score (nSPS) is 12.3. The van der Waals surface area contributed by atoms with E-state index in [9.17, 15) is 9.90 Å². The maximum atomic E-state index is 11.1. The van der Waals surface area contributed by atoms with Gasteiger partial charge in [-0.05, 0) is 41.8 Å². The average molecular weight is 294 g/mol. The number of allylic oxidation sites excluding steroid dienone is 4. The molecule has 0 aliphatic heterocycles. The third-order valence-corrected chi connectivity index (χ3v) is 3.07. The van der Waals surface area contributed by atoms with Crippen molar-refractivity contribution in [2.75, 3.05) is 0 Å². The SMILES string of the molecule is CCC(/C=C/c1cccc(=O)o1)=C\C=C\c1ccc(O)cc1. The van der Waals surface area contributed by atoms with Crippen molar-refractivity contribution in [2.24, 2.45) is 0 Å². The summed E-state index contributed by atoms with van der Waals surface area (Å²) >= 11 is 0. The third kappa shape index (κ3) is 4.94. The van der Waals surface area contributed by atoms with Crippen LogP contribution in [0.2, 0.25) is 0 Å². The van der Waals surface area contributed by atoms with Crippen LogP contribution >= 0.6 is 0 Å². The third-order valence-electron chi connectivity index (χ3n) is 3.07. The Morgan fingerprint density at radius 2 is 1.91 bits per heavy atom. The lowest BCUT2D eigenvalue weighted by Gasteiger charge is -1.96. The number of phenolic OH excluding ortho intramolecular Hbond substituents is 1. The van der Waals surface area contributed by atoms with Crippen molar-refractivity contribution in [3.05, 3.63) is 88.0 Å². The Bertz CT molecular complexity index is 747. The molecule has 0 saturated carbocycles. The molecule has 0 aliphatic carbocycles. The van der Waals surface area contributed by atoms with Crippen LogP contribution in [-0.2, 0) is 0 Å². The molecule has 0 radical (unpaired) electrons. The van der Waals surface area contributed by atoms with Crippen molar-refractivity contribution in [3.8, 4) is 5.75 Å². The second-order valence-electron chi connectivity index (χ2n) is 4.73. The molecule has 22 heavy (non-hydrogen) atoms. The van der Waals surface area contributed by atoms with E-state index in [2.05, 4.69) is 6.92 Å². The Kier molecular flexibility index (Phi) is 5.55. The van der Waals surface area contributed by atoms with E-state index in [1.54, 1.807) is 30.3 Å². The van der Waals surface area contributed by atoms with Gasteiger partial charge in [-0.2, -0.15) is 0 Å². The molecular weight excluding hydrogens is 276 g/mol. The molecule has 1 N–H and O–H groups in total. The molecular formula is C19H18O3. The first-order valence-corrected chi connectivity index (χ1v) is 7.12. The van der Waals surface area contributed by atoms with Crippen LogP contribution < -0.4 is 5.63 Å². The minimum absolute atomic E-state index is 0.259. The molecule has 3 heteroatoms. The van der Waals surface area contributed by atoms with Gasteiger partial charge in [-0.3, -0.25) is 0 Å². The quantitative estimate of drug-likeness (QED) is 0.831. The Morgan fingerprint density at radius 1 is 1.14 bits per heavy atom. The summed E-state index contributed by atoms with van der Waals surface area (Å²) < 4.78 is 5.05. The first-order valence-electron chi connectivity index (χ1n) is 7.12. The zero-order valence-corrected chi connectivity index (χ0v) is 12.4. The molecule has 0 fully saturated rings. The van der Waals surface area contributed by atoms with Crippen LogP contribution in [-0.4, -0.2) is 5.11 Å². The second-order valence-corrected chi connectivity index (χ2v) is 4.73. The summed E-state index contributed by atoms with van der Waals surface area (Å²) in [6, 6.07) is 11.8. The van der Waals surface area contributed by atoms with E-state index >= 15 is 0 Å². The van der Waals surface area contributed by atoms with Crippen molar-refractivity contribution in [1.82, 2.24) is 0 Å². The Morgan fingerprint density at radius 3 is 2.59 bits per heavy atom. The van der Waals surface area contributed by atoms with Crippen LogP contribution in [0.15, 0.2) is 75.5 Å². The van der Waals surface area contributed by atoms with Gasteiger partial charge in [-0.25, -0.2) is 4.79 Å². The van der Waals surface area contributed by atoms with E-state index in [1.807, 2.05) is 36.4 Å². The van der Waals surface area contributed by atoms with Crippen LogP contribution in [0.25, 0.3) is 12.2 Å². The fourth-order valence-electron chi connectivity index (χ4n) is 1.84. The molecule has 0 spiro atoms. The predicted molar refractivity (Wildman–Crippen MR) is 89.5 cm³/mol. The topological polar surface area (TPSA) is 50.4 Å². The number of aromatic hydroxyl groups is 1. The molecule has 112 valence electrons. The van der Waals surface area contributed by atoms with E-state index in [0.29, 0.717) is 5.76 Å². The summed E-state index contributed by atoms with van der Waals surface area (Å²) in [5.41, 5.74) is 1.78. The summed E-state index contributed by atoms with van der Waals surface area (Å²) in [6.45, 7) is 2.06. The molecule has 2 rings (SSSR count). The van der Waals surface area contributed by atoms with Crippen molar-refractivity contribution >= 4 is 12.2 Å². The van der Waals surface area contributed by atoms with Crippen LogP contribution in [0.4, 0.5) is 0 Å². The number of hydrogen-bond donors (Lipinski definition) is 1. The molecule has 1 aromatic carbocycles. The molecule has 0 saturated heterocycles. The van der Waals surface area contributed by atoms with Crippen molar-refractivity contribution < 1.29 is 9.52 Å². The van der Waals surface area contributed by atoms with Gasteiger partial charge in [0.15, 0.2) is 0 Å². The molecule has 0 unspecified atom stereocenters. The molecule has 1 heterocycles. The number of benzene rings is 1. The summed E-state index contributed by atoms with van der Waals surface area (Å²) in [7, 11) is 0. The van der Waals surface area contributed by atoms with Gasteiger partial charge in [0, 0.05) is 6.07 Å². The van der Waals surface area contributed by atoms with Gasteiger partial charge in [-0.1, -0.05) is 49.4 Å².